The third-order valence-corrected chi connectivity index (χ3v) is 5.11. The number of nitrogens with zero attached hydrogens (tertiary/aromatic N) is 1. The average Bonchev–Trinajstić information content (AvgIpc) is 2.76. The molecule has 1 aliphatic heterocycles. The van der Waals surface area contributed by atoms with Gasteiger partial charge in [0, 0.05) is 20.1 Å². The van der Waals surface area contributed by atoms with Gasteiger partial charge in [0.1, 0.15) is 0 Å². The van der Waals surface area contributed by atoms with Crippen LogP contribution in [0.3, 0.4) is 0 Å². The van der Waals surface area contributed by atoms with E-state index in [2.05, 4.69) is 0 Å². The molecule has 1 heterocycles. The smallest absolute Gasteiger partial charge is 0.233 e. The van der Waals surface area contributed by atoms with E-state index in [1.807, 2.05) is 6.92 Å². The zero-order valence-electron chi connectivity index (χ0n) is 14.1. The molecule has 0 spiro atoms. The van der Waals surface area contributed by atoms with Gasteiger partial charge in [-0.1, -0.05) is 19.8 Å². The highest BCUT2D eigenvalue weighted by Crippen LogP contribution is 2.45. The van der Waals surface area contributed by atoms with Crippen LogP contribution in [0.4, 0.5) is 0 Å². The molecule has 2 rings (SSSR count). The van der Waals surface area contributed by atoms with E-state index < -0.39 is 23.9 Å². The maximum Gasteiger partial charge on any atom is 0.233 e. The topological polar surface area (TPSA) is 87.1 Å². The summed E-state index contributed by atoms with van der Waals surface area (Å²) >= 11 is 0. The quantitative estimate of drug-likeness (QED) is 0.532. The van der Waals surface area contributed by atoms with E-state index in [0.717, 1.165) is 23.3 Å². The summed E-state index contributed by atoms with van der Waals surface area (Å²) < 4.78 is 5.24. The SMILES string of the molecule is CCCC[C@@H](O)C1=C(COC)C[C@H]2C(=O)N(C)C(=O)[C@H]2[C@H]1CO. The summed E-state index contributed by atoms with van der Waals surface area (Å²) in [7, 11) is 3.05. The van der Waals surface area contributed by atoms with Crippen LogP contribution < -0.4 is 0 Å². The average molecular weight is 325 g/mol. The number of hydrogen-bond donors (Lipinski definition) is 2. The lowest BCUT2D eigenvalue weighted by molar-refractivity contribution is -0.138. The molecule has 0 bridgehead atoms. The molecular weight excluding hydrogens is 298 g/mol. The van der Waals surface area contributed by atoms with Crippen LogP contribution >= 0.6 is 0 Å². The zero-order valence-corrected chi connectivity index (χ0v) is 14.1. The van der Waals surface area contributed by atoms with Gasteiger partial charge in [-0.05, 0) is 24.0 Å². The molecule has 1 aliphatic carbocycles. The second-order valence-corrected chi connectivity index (χ2v) is 6.51. The van der Waals surface area contributed by atoms with Gasteiger partial charge in [0.25, 0.3) is 0 Å². The zero-order chi connectivity index (χ0) is 17.1. The fourth-order valence-corrected chi connectivity index (χ4v) is 3.98. The van der Waals surface area contributed by atoms with Crippen LogP contribution in [0.15, 0.2) is 11.1 Å². The molecule has 6 heteroatoms. The fraction of sp³-hybridized carbons (Fsp3) is 0.765. The van der Waals surface area contributed by atoms with Gasteiger partial charge in [-0.25, -0.2) is 0 Å². The molecule has 23 heavy (non-hydrogen) atoms. The maximum atomic E-state index is 12.4. The lowest BCUT2D eigenvalue weighted by Crippen LogP contribution is -2.39. The molecule has 4 atom stereocenters. The standard InChI is InChI=1S/C17H27NO5/c1-4-5-6-13(20)14-10(9-23-3)7-11-15(12(14)8-19)17(22)18(2)16(11)21/h11-13,15,19-20H,4-9H2,1-3H3/t11-,12+,13-,15-/m1/s1. The summed E-state index contributed by atoms with van der Waals surface area (Å²) in [6.45, 7) is 2.11. The van der Waals surface area contributed by atoms with Crippen molar-refractivity contribution in [1.29, 1.82) is 0 Å². The van der Waals surface area contributed by atoms with Crippen LogP contribution in [0.25, 0.3) is 0 Å². The number of fused-ring (bicyclic) bond motifs is 1. The lowest BCUT2D eigenvalue weighted by Gasteiger charge is -2.36. The Bertz CT molecular complexity index is 501. The van der Waals surface area contributed by atoms with Crippen molar-refractivity contribution >= 4 is 11.8 Å². The number of hydrogen-bond acceptors (Lipinski definition) is 5. The lowest BCUT2D eigenvalue weighted by atomic mass is 9.68. The van der Waals surface area contributed by atoms with Gasteiger partial charge in [-0.2, -0.15) is 0 Å². The monoisotopic (exact) mass is 325 g/mol. The van der Waals surface area contributed by atoms with Crippen LogP contribution in [-0.2, 0) is 14.3 Å². The minimum Gasteiger partial charge on any atom is -0.396 e. The van der Waals surface area contributed by atoms with Gasteiger partial charge in [0.2, 0.25) is 11.8 Å². The normalized spacial score (nSPS) is 29.3. The van der Waals surface area contributed by atoms with Gasteiger partial charge in [0.05, 0.1) is 31.2 Å². The molecule has 1 saturated heterocycles. The fourth-order valence-electron chi connectivity index (χ4n) is 3.98. The molecule has 130 valence electrons. The Labute approximate surface area is 137 Å². The van der Waals surface area contributed by atoms with Crippen LogP contribution in [0.5, 0.6) is 0 Å². The first kappa shape index (κ1) is 18.1. The number of rotatable bonds is 7. The minimum absolute atomic E-state index is 0.200. The largest absolute Gasteiger partial charge is 0.396 e. The highest BCUT2D eigenvalue weighted by Gasteiger charge is 2.53. The maximum absolute atomic E-state index is 12.4. The van der Waals surface area contributed by atoms with E-state index in [9.17, 15) is 19.8 Å². The van der Waals surface area contributed by atoms with E-state index in [4.69, 9.17) is 4.74 Å². The van der Waals surface area contributed by atoms with Crippen LogP contribution in [0, 0.1) is 17.8 Å². The number of likely N-dealkylation sites (tertiary alicyclic amines) is 1. The van der Waals surface area contributed by atoms with Gasteiger partial charge >= 0.3 is 0 Å². The number of methoxy groups -OCH3 is 1. The van der Waals surface area contributed by atoms with Crippen molar-refractivity contribution in [3.63, 3.8) is 0 Å². The van der Waals surface area contributed by atoms with E-state index in [1.54, 1.807) is 7.11 Å². The highest BCUT2D eigenvalue weighted by molar-refractivity contribution is 6.05. The van der Waals surface area contributed by atoms with Gasteiger partial charge in [-0.3, -0.25) is 14.5 Å². The Morgan fingerprint density at radius 3 is 2.61 bits per heavy atom. The van der Waals surface area contributed by atoms with Gasteiger partial charge in [-0.15, -0.1) is 0 Å². The van der Waals surface area contributed by atoms with Crippen LogP contribution in [0.2, 0.25) is 0 Å². The number of ether oxygens (including phenoxy) is 1. The van der Waals surface area contributed by atoms with Gasteiger partial charge < -0.3 is 14.9 Å². The summed E-state index contributed by atoms with van der Waals surface area (Å²) in [6, 6.07) is 0. The van der Waals surface area contributed by atoms with E-state index >= 15 is 0 Å². The molecule has 6 nitrogen and oxygen atoms in total. The number of unbranched alkanes of at least 4 members (excludes halogenated alkanes) is 1. The molecule has 0 aromatic heterocycles. The number of carbonyl (C=O) groups excluding carboxylic acids is 2. The van der Waals surface area contributed by atoms with E-state index in [-0.39, 0.29) is 18.4 Å². The van der Waals surface area contributed by atoms with Crippen molar-refractivity contribution in [2.24, 2.45) is 17.8 Å². The van der Waals surface area contributed by atoms with Crippen molar-refractivity contribution in [2.45, 2.75) is 38.7 Å². The Hall–Kier alpha value is -1.24. The summed E-state index contributed by atoms with van der Waals surface area (Å²) in [4.78, 5) is 25.9. The molecule has 0 aromatic rings. The van der Waals surface area contributed by atoms with Crippen LogP contribution in [0.1, 0.15) is 32.6 Å². The molecule has 2 aliphatic rings. The first-order valence-corrected chi connectivity index (χ1v) is 8.28. The number of imide groups is 1. The van der Waals surface area contributed by atoms with Crippen molar-refractivity contribution in [2.75, 3.05) is 27.4 Å². The number of carbonyl (C=O) groups is 2. The molecule has 2 N–H and O–H groups in total. The molecule has 0 saturated carbocycles. The first-order chi connectivity index (χ1) is 11.0. The van der Waals surface area contributed by atoms with E-state index in [0.29, 0.717) is 25.0 Å². The second-order valence-electron chi connectivity index (χ2n) is 6.51. The van der Waals surface area contributed by atoms with Crippen molar-refractivity contribution in [3.8, 4) is 0 Å². The predicted molar refractivity (Wildman–Crippen MR) is 84.4 cm³/mol. The van der Waals surface area contributed by atoms with Gasteiger partial charge in [0.15, 0.2) is 0 Å². The molecule has 0 aromatic carbocycles. The Kier molecular flexibility index (Phi) is 5.95. The minimum atomic E-state index is -0.702. The Morgan fingerprint density at radius 2 is 2.04 bits per heavy atom. The van der Waals surface area contributed by atoms with Crippen molar-refractivity contribution in [1.82, 2.24) is 4.90 Å². The predicted octanol–water partition coefficient (Wildman–Crippen LogP) is 0.724. The first-order valence-electron chi connectivity index (χ1n) is 8.28. The van der Waals surface area contributed by atoms with Crippen LogP contribution in [-0.4, -0.2) is 60.4 Å². The molecule has 2 amide bonds. The number of aliphatic hydroxyl groups excluding tert-OH is 2. The number of aliphatic hydroxyl groups is 2. The summed E-state index contributed by atoms with van der Waals surface area (Å²) in [5.41, 5.74) is 1.56. The second kappa shape index (κ2) is 7.55. The summed E-state index contributed by atoms with van der Waals surface area (Å²) in [5.74, 6) is -1.97. The molecular formula is C17H27NO5. The highest BCUT2D eigenvalue weighted by atomic mass is 16.5. The third-order valence-electron chi connectivity index (χ3n) is 5.11. The van der Waals surface area contributed by atoms with Crippen molar-refractivity contribution < 1.29 is 24.5 Å². The summed E-state index contributed by atoms with van der Waals surface area (Å²) in [5, 5.41) is 20.5. The number of amides is 2. The summed E-state index contributed by atoms with van der Waals surface area (Å²) in [6.07, 6.45) is 2.13. The third kappa shape index (κ3) is 3.20. The van der Waals surface area contributed by atoms with E-state index in [1.165, 1.54) is 7.05 Å². The molecule has 0 radical (unpaired) electrons. The molecule has 0 unspecified atom stereocenters. The van der Waals surface area contributed by atoms with Crippen molar-refractivity contribution in [3.05, 3.63) is 11.1 Å². The Balaban J connectivity index is 2.41. The molecule has 1 fully saturated rings. The Morgan fingerprint density at radius 1 is 1.35 bits per heavy atom.